The van der Waals surface area contributed by atoms with Crippen molar-refractivity contribution in [3.8, 4) is 0 Å². The van der Waals surface area contributed by atoms with Crippen molar-refractivity contribution in [2.24, 2.45) is 0 Å². The quantitative estimate of drug-likeness (QED) is 0.748. The van der Waals surface area contributed by atoms with Gasteiger partial charge in [0.05, 0.1) is 6.26 Å². The van der Waals surface area contributed by atoms with Crippen molar-refractivity contribution in [2.45, 2.75) is 13.1 Å². The second kappa shape index (κ2) is 5.07. The summed E-state index contributed by atoms with van der Waals surface area (Å²) in [6.45, 7) is 1.70. The van der Waals surface area contributed by atoms with E-state index in [-0.39, 0.29) is 0 Å². The molecule has 1 heterocycles. The summed E-state index contributed by atoms with van der Waals surface area (Å²) in [6, 6.07) is 18.5. The van der Waals surface area contributed by atoms with Crippen LogP contribution in [-0.2, 0) is 13.1 Å². The van der Waals surface area contributed by atoms with Gasteiger partial charge >= 0.3 is 0 Å². The fourth-order valence-corrected chi connectivity index (χ4v) is 2.11. The lowest BCUT2D eigenvalue weighted by atomic mass is 10.1. The fraction of sp³-hybridized carbons (Fsp3) is 0.125. The molecule has 0 aliphatic carbocycles. The minimum Gasteiger partial charge on any atom is -0.464 e. The first-order valence-corrected chi connectivity index (χ1v) is 6.13. The van der Waals surface area contributed by atoms with Crippen LogP contribution < -0.4 is 5.32 Å². The van der Waals surface area contributed by atoms with E-state index < -0.39 is 0 Å². The Labute approximate surface area is 106 Å². The first-order chi connectivity index (χ1) is 8.93. The van der Waals surface area contributed by atoms with E-state index in [9.17, 15) is 0 Å². The van der Waals surface area contributed by atoms with E-state index >= 15 is 0 Å². The summed E-state index contributed by atoms with van der Waals surface area (Å²) in [5.74, 6) is 0. The Morgan fingerprint density at radius 2 is 1.61 bits per heavy atom. The molecule has 0 fully saturated rings. The van der Waals surface area contributed by atoms with Crippen molar-refractivity contribution in [1.82, 2.24) is 5.32 Å². The molecule has 0 saturated heterocycles. The first-order valence-electron chi connectivity index (χ1n) is 6.13. The SMILES string of the molecule is c1ccc(CNCc2coc3ccccc23)cc1. The lowest BCUT2D eigenvalue weighted by molar-refractivity contribution is 0.602. The number of furan rings is 1. The number of nitrogens with one attached hydrogen (secondary N) is 1. The van der Waals surface area contributed by atoms with E-state index in [1.54, 1.807) is 0 Å². The summed E-state index contributed by atoms with van der Waals surface area (Å²) in [7, 11) is 0. The second-order valence-corrected chi connectivity index (χ2v) is 4.35. The Bertz CT molecular complexity index is 628. The van der Waals surface area contributed by atoms with Crippen molar-refractivity contribution < 1.29 is 4.42 Å². The van der Waals surface area contributed by atoms with E-state index in [1.165, 1.54) is 16.5 Å². The molecule has 1 N–H and O–H groups in total. The molecule has 1 aromatic heterocycles. The molecule has 2 nitrogen and oxygen atoms in total. The average molecular weight is 237 g/mol. The Kier molecular flexibility index (Phi) is 3.11. The predicted octanol–water partition coefficient (Wildman–Crippen LogP) is 3.72. The van der Waals surface area contributed by atoms with Gasteiger partial charge in [-0.2, -0.15) is 0 Å². The first kappa shape index (κ1) is 11.1. The second-order valence-electron chi connectivity index (χ2n) is 4.35. The lowest BCUT2D eigenvalue weighted by Gasteiger charge is -2.03. The zero-order chi connectivity index (χ0) is 12.2. The van der Waals surface area contributed by atoms with E-state index in [2.05, 4.69) is 35.6 Å². The van der Waals surface area contributed by atoms with Crippen LogP contribution >= 0.6 is 0 Å². The summed E-state index contributed by atoms with van der Waals surface area (Å²) in [6.07, 6.45) is 1.84. The lowest BCUT2D eigenvalue weighted by Crippen LogP contribution is -2.12. The van der Waals surface area contributed by atoms with Crippen LogP contribution in [-0.4, -0.2) is 0 Å². The molecule has 0 radical (unpaired) electrons. The zero-order valence-corrected chi connectivity index (χ0v) is 10.1. The van der Waals surface area contributed by atoms with Crippen LogP contribution in [0.3, 0.4) is 0 Å². The molecule has 0 bridgehead atoms. The van der Waals surface area contributed by atoms with E-state index in [1.807, 2.05) is 30.5 Å². The van der Waals surface area contributed by atoms with Crippen LogP contribution in [0.5, 0.6) is 0 Å². The van der Waals surface area contributed by atoms with E-state index in [4.69, 9.17) is 4.42 Å². The smallest absolute Gasteiger partial charge is 0.134 e. The van der Waals surface area contributed by atoms with E-state index in [0.717, 1.165) is 18.7 Å². The van der Waals surface area contributed by atoms with Crippen LogP contribution in [0.25, 0.3) is 11.0 Å². The van der Waals surface area contributed by atoms with Gasteiger partial charge in [-0.3, -0.25) is 0 Å². The van der Waals surface area contributed by atoms with Gasteiger partial charge in [-0.15, -0.1) is 0 Å². The number of benzene rings is 2. The van der Waals surface area contributed by atoms with Gasteiger partial charge in [0.1, 0.15) is 5.58 Å². The van der Waals surface area contributed by atoms with Crippen LogP contribution in [0, 0.1) is 0 Å². The van der Waals surface area contributed by atoms with Crippen LogP contribution in [0.15, 0.2) is 65.3 Å². The Morgan fingerprint density at radius 3 is 2.50 bits per heavy atom. The molecular formula is C16H15NO. The molecule has 0 aliphatic heterocycles. The number of para-hydroxylation sites is 1. The molecule has 0 aliphatic rings. The van der Waals surface area contributed by atoms with Crippen molar-refractivity contribution >= 4 is 11.0 Å². The molecule has 2 aromatic carbocycles. The summed E-state index contributed by atoms with van der Waals surface area (Å²) in [4.78, 5) is 0. The van der Waals surface area contributed by atoms with Crippen molar-refractivity contribution in [2.75, 3.05) is 0 Å². The summed E-state index contributed by atoms with van der Waals surface area (Å²) < 4.78 is 5.51. The normalized spacial score (nSPS) is 10.9. The van der Waals surface area contributed by atoms with Gasteiger partial charge in [-0.1, -0.05) is 48.5 Å². The summed E-state index contributed by atoms with van der Waals surface area (Å²) in [5.41, 5.74) is 3.46. The fourth-order valence-electron chi connectivity index (χ4n) is 2.11. The van der Waals surface area contributed by atoms with Crippen LogP contribution in [0.4, 0.5) is 0 Å². The molecule has 90 valence electrons. The Morgan fingerprint density at radius 1 is 0.833 bits per heavy atom. The molecule has 3 aromatic rings. The van der Waals surface area contributed by atoms with Gasteiger partial charge in [0, 0.05) is 24.0 Å². The molecule has 3 rings (SSSR count). The molecule has 2 heteroatoms. The third-order valence-electron chi connectivity index (χ3n) is 3.05. The van der Waals surface area contributed by atoms with E-state index in [0.29, 0.717) is 0 Å². The molecular weight excluding hydrogens is 222 g/mol. The Balaban J connectivity index is 1.67. The van der Waals surface area contributed by atoms with Gasteiger partial charge < -0.3 is 9.73 Å². The topological polar surface area (TPSA) is 25.2 Å². The molecule has 0 spiro atoms. The van der Waals surface area contributed by atoms with Crippen LogP contribution in [0.2, 0.25) is 0 Å². The van der Waals surface area contributed by atoms with Gasteiger partial charge in [-0.25, -0.2) is 0 Å². The van der Waals surface area contributed by atoms with Crippen molar-refractivity contribution in [1.29, 1.82) is 0 Å². The maximum absolute atomic E-state index is 5.51. The van der Waals surface area contributed by atoms with Gasteiger partial charge in [0.2, 0.25) is 0 Å². The zero-order valence-electron chi connectivity index (χ0n) is 10.1. The van der Waals surface area contributed by atoms with Gasteiger partial charge in [0.15, 0.2) is 0 Å². The largest absolute Gasteiger partial charge is 0.464 e. The summed E-state index contributed by atoms with van der Waals surface area (Å²) >= 11 is 0. The number of hydrogen-bond donors (Lipinski definition) is 1. The molecule has 18 heavy (non-hydrogen) atoms. The highest BCUT2D eigenvalue weighted by atomic mass is 16.3. The minimum absolute atomic E-state index is 0.825. The van der Waals surface area contributed by atoms with Gasteiger partial charge in [0.25, 0.3) is 0 Å². The molecule has 0 amide bonds. The number of fused-ring (bicyclic) bond motifs is 1. The molecule has 0 unspecified atom stereocenters. The highest BCUT2D eigenvalue weighted by Gasteiger charge is 2.03. The minimum atomic E-state index is 0.825. The predicted molar refractivity (Wildman–Crippen MR) is 73.2 cm³/mol. The van der Waals surface area contributed by atoms with Crippen molar-refractivity contribution in [3.05, 3.63) is 72.0 Å². The van der Waals surface area contributed by atoms with Crippen molar-refractivity contribution in [3.63, 3.8) is 0 Å². The Hall–Kier alpha value is -2.06. The number of rotatable bonds is 4. The highest BCUT2D eigenvalue weighted by molar-refractivity contribution is 5.80. The molecule has 0 atom stereocenters. The molecule has 0 saturated carbocycles. The summed E-state index contributed by atoms with van der Waals surface area (Å²) in [5, 5.41) is 4.63. The monoisotopic (exact) mass is 237 g/mol. The maximum atomic E-state index is 5.51. The third-order valence-corrected chi connectivity index (χ3v) is 3.05. The number of hydrogen-bond acceptors (Lipinski definition) is 2. The maximum Gasteiger partial charge on any atom is 0.134 e. The standard InChI is InChI=1S/C16H15NO/c1-2-6-13(7-3-1)10-17-11-14-12-18-16-9-5-4-8-15(14)16/h1-9,12,17H,10-11H2. The highest BCUT2D eigenvalue weighted by Crippen LogP contribution is 2.20. The van der Waals surface area contributed by atoms with Crippen LogP contribution in [0.1, 0.15) is 11.1 Å². The average Bonchev–Trinajstić information content (AvgIpc) is 2.84. The van der Waals surface area contributed by atoms with Gasteiger partial charge in [-0.05, 0) is 11.6 Å². The third kappa shape index (κ3) is 2.29.